The van der Waals surface area contributed by atoms with Crippen LogP contribution in [0.4, 0.5) is 0 Å². The lowest BCUT2D eigenvalue weighted by Crippen LogP contribution is -2.44. The molecule has 0 amide bonds. The SMILES string of the molecule is OC[C@@H]1C[C@H](O)[C@H](O)[C@@H](c2ccc3cc(O)ccc3c2)O1. The van der Waals surface area contributed by atoms with E-state index in [0.717, 1.165) is 16.3 Å². The van der Waals surface area contributed by atoms with Crippen molar-refractivity contribution in [3.05, 3.63) is 42.0 Å². The summed E-state index contributed by atoms with van der Waals surface area (Å²) in [6, 6.07) is 10.5. The van der Waals surface area contributed by atoms with Crippen LogP contribution in [0.5, 0.6) is 5.75 Å². The van der Waals surface area contributed by atoms with Gasteiger partial charge in [-0.15, -0.1) is 0 Å². The summed E-state index contributed by atoms with van der Waals surface area (Å²) in [5.74, 6) is 0.194. The van der Waals surface area contributed by atoms with Crippen molar-refractivity contribution in [1.29, 1.82) is 0 Å². The molecule has 1 heterocycles. The maximum absolute atomic E-state index is 10.1. The first-order valence-electron chi connectivity index (χ1n) is 6.93. The Balaban J connectivity index is 1.96. The number of aromatic hydroxyl groups is 1. The van der Waals surface area contributed by atoms with Crippen LogP contribution in [0.15, 0.2) is 36.4 Å². The quantitative estimate of drug-likeness (QED) is 0.665. The summed E-state index contributed by atoms with van der Waals surface area (Å²) in [6.45, 7) is -0.193. The molecule has 5 nitrogen and oxygen atoms in total. The van der Waals surface area contributed by atoms with Crippen LogP contribution < -0.4 is 0 Å². The van der Waals surface area contributed by atoms with Crippen molar-refractivity contribution < 1.29 is 25.2 Å². The van der Waals surface area contributed by atoms with E-state index in [1.165, 1.54) is 0 Å². The van der Waals surface area contributed by atoms with E-state index < -0.39 is 24.4 Å². The number of ether oxygens (including phenoxy) is 1. The van der Waals surface area contributed by atoms with Gasteiger partial charge >= 0.3 is 0 Å². The molecule has 1 aliphatic heterocycles. The highest BCUT2D eigenvalue weighted by atomic mass is 16.5. The molecule has 21 heavy (non-hydrogen) atoms. The summed E-state index contributed by atoms with van der Waals surface area (Å²) in [5, 5.41) is 40.5. The lowest BCUT2D eigenvalue weighted by atomic mass is 9.92. The van der Waals surface area contributed by atoms with Gasteiger partial charge in [-0.05, 0) is 34.5 Å². The second-order valence-corrected chi connectivity index (χ2v) is 5.45. The van der Waals surface area contributed by atoms with Gasteiger partial charge in [-0.1, -0.05) is 18.2 Å². The van der Waals surface area contributed by atoms with E-state index in [2.05, 4.69) is 0 Å². The molecular formula is C16H18O5. The van der Waals surface area contributed by atoms with E-state index in [0.29, 0.717) is 0 Å². The molecule has 1 aliphatic rings. The van der Waals surface area contributed by atoms with Gasteiger partial charge in [0.1, 0.15) is 18.0 Å². The summed E-state index contributed by atoms with van der Waals surface area (Å²) in [7, 11) is 0. The fourth-order valence-corrected chi connectivity index (χ4v) is 2.78. The van der Waals surface area contributed by atoms with Crippen LogP contribution >= 0.6 is 0 Å². The van der Waals surface area contributed by atoms with Crippen LogP contribution in [0.25, 0.3) is 10.8 Å². The predicted octanol–water partition coefficient (Wildman–Crippen LogP) is 1.09. The molecule has 0 aromatic heterocycles. The molecule has 1 fully saturated rings. The molecule has 0 spiro atoms. The van der Waals surface area contributed by atoms with Crippen LogP contribution in [-0.2, 0) is 4.74 Å². The van der Waals surface area contributed by atoms with Crippen LogP contribution in [0.2, 0.25) is 0 Å². The van der Waals surface area contributed by atoms with Gasteiger partial charge in [-0.2, -0.15) is 0 Å². The summed E-state index contributed by atoms with van der Waals surface area (Å²) in [5.41, 5.74) is 0.734. The summed E-state index contributed by atoms with van der Waals surface area (Å²) >= 11 is 0. The summed E-state index contributed by atoms with van der Waals surface area (Å²) in [6.07, 6.45) is -2.89. The number of fused-ring (bicyclic) bond motifs is 1. The third-order valence-corrected chi connectivity index (χ3v) is 3.93. The van der Waals surface area contributed by atoms with Gasteiger partial charge in [0.25, 0.3) is 0 Å². The lowest BCUT2D eigenvalue weighted by molar-refractivity contribution is -0.179. The van der Waals surface area contributed by atoms with Crippen molar-refractivity contribution in [2.24, 2.45) is 0 Å². The van der Waals surface area contributed by atoms with Gasteiger partial charge < -0.3 is 25.2 Å². The fourth-order valence-electron chi connectivity index (χ4n) is 2.78. The van der Waals surface area contributed by atoms with Crippen LogP contribution in [-0.4, -0.2) is 45.3 Å². The molecule has 2 aromatic rings. The Morgan fingerprint density at radius 1 is 1.05 bits per heavy atom. The standard InChI is InChI=1S/C16H18O5/c17-8-13-7-14(19)15(20)16(21-13)11-2-1-10-6-12(18)4-3-9(10)5-11/h1-6,13-20H,7-8H2/t13-,14-,15-,16+/m0/s1. The van der Waals surface area contributed by atoms with Crippen LogP contribution in [0.3, 0.4) is 0 Å². The molecule has 3 rings (SSSR count). The molecule has 112 valence electrons. The largest absolute Gasteiger partial charge is 0.508 e. The van der Waals surface area contributed by atoms with Gasteiger partial charge in [0.05, 0.1) is 18.8 Å². The number of phenolic OH excluding ortho intramolecular Hbond substituents is 1. The number of hydrogen-bond donors (Lipinski definition) is 4. The van der Waals surface area contributed by atoms with Crippen LogP contribution in [0, 0.1) is 0 Å². The van der Waals surface area contributed by atoms with Gasteiger partial charge in [0.15, 0.2) is 0 Å². The fraction of sp³-hybridized carbons (Fsp3) is 0.375. The zero-order chi connectivity index (χ0) is 15.0. The van der Waals surface area contributed by atoms with Gasteiger partial charge in [0, 0.05) is 6.42 Å². The Morgan fingerprint density at radius 2 is 1.76 bits per heavy atom. The Bertz CT molecular complexity index is 642. The second-order valence-electron chi connectivity index (χ2n) is 5.45. The number of phenols is 1. The molecule has 0 aliphatic carbocycles. The highest BCUT2D eigenvalue weighted by Gasteiger charge is 2.37. The lowest BCUT2D eigenvalue weighted by Gasteiger charge is -2.36. The van der Waals surface area contributed by atoms with E-state index >= 15 is 0 Å². The number of hydrogen-bond acceptors (Lipinski definition) is 5. The smallest absolute Gasteiger partial charge is 0.116 e. The molecule has 2 aromatic carbocycles. The highest BCUT2D eigenvalue weighted by molar-refractivity contribution is 5.84. The maximum Gasteiger partial charge on any atom is 0.116 e. The first kappa shape index (κ1) is 14.3. The van der Waals surface area contributed by atoms with Gasteiger partial charge in [-0.25, -0.2) is 0 Å². The van der Waals surface area contributed by atoms with Gasteiger partial charge in [0.2, 0.25) is 0 Å². The molecule has 1 saturated heterocycles. The molecular weight excluding hydrogens is 272 g/mol. The summed E-state index contributed by atoms with van der Waals surface area (Å²) in [4.78, 5) is 0. The molecule has 0 saturated carbocycles. The summed E-state index contributed by atoms with van der Waals surface area (Å²) < 4.78 is 5.67. The third kappa shape index (κ3) is 2.73. The minimum Gasteiger partial charge on any atom is -0.508 e. The predicted molar refractivity (Wildman–Crippen MR) is 76.9 cm³/mol. The molecule has 0 unspecified atom stereocenters. The van der Waals surface area contributed by atoms with Crippen molar-refractivity contribution >= 4 is 10.8 Å². The molecule has 0 bridgehead atoms. The average molecular weight is 290 g/mol. The molecule has 4 N–H and O–H groups in total. The number of rotatable bonds is 2. The molecule has 5 heteroatoms. The monoisotopic (exact) mass is 290 g/mol. The minimum absolute atomic E-state index is 0.193. The number of aliphatic hydroxyl groups excluding tert-OH is 3. The Labute approximate surface area is 122 Å². The van der Waals surface area contributed by atoms with Gasteiger partial charge in [-0.3, -0.25) is 0 Å². The van der Waals surface area contributed by atoms with E-state index in [1.807, 2.05) is 12.1 Å². The first-order chi connectivity index (χ1) is 10.1. The Kier molecular flexibility index (Phi) is 3.82. The number of benzene rings is 2. The second kappa shape index (κ2) is 5.61. The maximum atomic E-state index is 10.1. The zero-order valence-electron chi connectivity index (χ0n) is 11.4. The normalized spacial score (nSPS) is 29.7. The van der Waals surface area contributed by atoms with Crippen molar-refractivity contribution in [3.63, 3.8) is 0 Å². The average Bonchev–Trinajstić information content (AvgIpc) is 2.49. The minimum atomic E-state index is -1.03. The van der Waals surface area contributed by atoms with Crippen LogP contribution in [0.1, 0.15) is 18.1 Å². The van der Waals surface area contributed by atoms with E-state index in [9.17, 15) is 20.4 Å². The van der Waals surface area contributed by atoms with E-state index in [4.69, 9.17) is 4.74 Å². The third-order valence-electron chi connectivity index (χ3n) is 3.93. The topological polar surface area (TPSA) is 90.2 Å². The molecule has 4 atom stereocenters. The zero-order valence-corrected chi connectivity index (χ0v) is 11.4. The Hall–Kier alpha value is -1.66. The number of aliphatic hydroxyl groups is 3. The molecule has 0 radical (unpaired) electrons. The van der Waals surface area contributed by atoms with Crippen molar-refractivity contribution in [3.8, 4) is 5.75 Å². The van der Waals surface area contributed by atoms with E-state index in [-0.39, 0.29) is 18.8 Å². The van der Waals surface area contributed by atoms with Crippen molar-refractivity contribution in [2.75, 3.05) is 6.61 Å². The van der Waals surface area contributed by atoms with Crippen molar-refractivity contribution in [1.82, 2.24) is 0 Å². The van der Waals surface area contributed by atoms with E-state index in [1.54, 1.807) is 24.3 Å². The van der Waals surface area contributed by atoms with Crippen molar-refractivity contribution in [2.45, 2.75) is 30.8 Å². The highest BCUT2D eigenvalue weighted by Crippen LogP contribution is 2.33. The first-order valence-corrected chi connectivity index (χ1v) is 6.93. The Morgan fingerprint density at radius 3 is 2.52 bits per heavy atom.